The van der Waals surface area contributed by atoms with Crippen LogP contribution in [-0.2, 0) is 19.7 Å². The molecule has 0 unspecified atom stereocenters. The van der Waals surface area contributed by atoms with Crippen molar-refractivity contribution in [2.75, 3.05) is 4.90 Å². The van der Waals surface area contributed by atoms with E-state index in [2.05, 4.69) is 13.0 Å². The number of hydrogen-bond donors (Lipinski definition) is 1. The number of nitrogens with zero attached hydrogens (tertiary/aromatic N) is 2. The third-order valence-electron chi connectivity index (χ3n) is 8.60. The van der Waals surface area contributed by atoms with Gasteiger partial charge in [-0.1, -0.05) is 39.0 Å². The van der Waals surface area contributed by atoms with Crippen LogP contribution in [0.3, 0.4) is 0 Å². The van der Waals surface area contributed by atoms with Crippen molar-refractivity contribution >= 4 is 23.3 Å². The zero-order valence-electron chi connectivity index (χ0n) is 23.3. The fourth-order valence-electron chi connectivity index (χ4n) is 7.14. The molecule has 2 atom stereocenters. The normalized spacial score (nSPS) is 25.8. The largest absolute Gasteiger partial charge is 0.444 e. The number of rotatable bonds is 2. The Morgan fingerprint density at radius 2 is 1.82 bits per heavy atom. The van der Waals surface area contributed by atoms with Crippen molar-refractivity contribution in [2.45, 2.75) is 70.8 Å². The molecular formula is C32H31N3O5. The number of carbonyl (C=O) groups is 3. The maximum atomic E-state index is 14.8. The van der Waals surface area contributed by atoms with Gasteiger partial charge in [0.05, 0.1) is 16.8 Å². The first-order valence-corrected chi connectivity index (χ1v) is 13.5. The third kappa shape index (κ3) is 3.40. The Balaban J connectivity index is 1.66. The lowest BCUT2D eigenvalue weighted by Crippen LogP contribution is -2.56. The van der Waals surface area contributed by atoms with Gasteiger partial charge in [0.2, 0.25) is 11.8 Å². The maximum Gasteiger partial charge on any atom is 0.343 e. The molecule has 1 amide bonds. The Kier molecular flexibility index (Phi) is 5.38. The number of anilines is 1. The van der Waals surface area contributed by atoms with Gasteiger partial charge in [-0.3, -0.25) is 9.59 Å². The fourth-order valence-corrected chi connectivity index (χ4v) is 7.14. The summed E-state index contributed by atoms with van der Waals surface area (Å²) in [4.78, 5) is 43.6. The maximum absolute atomic E-state index is 14.8. The van der Waals surface area contributed by atoms with Crippen LogP contribution in [0.4, 0.5) is 5.69 Å². The molecule has 1 spiro atoms. The molecule has 0 bridgehead atoms. The summed E-state index contributed by atoms with van der Waals surface area (Å²) in [6.45, 7) is 9.94. The van der Waals surface area contributed by atoms with Crippen LogP contribution in [0.25, 0.3) is 0 Å². The average Bonchev–Trinajstić information content (AvgIpc) is 3.11. The van der Waals surface area contributed by atoms with Crippen LogP contribution >= 0.6 is 0 Å². The van der Waals surface area contributed by atoms with Gasteiger partial charge in [0, 0.05) is 23.9 Å². The summed E-state index contributed by atoms with van der Waals surface area (Å²) >= 11 is 0. The number of carbonyl (C=O) groups excluding carboxylic acids is 3. The molecule has 0 aromatic heterocycles. The van der Waals surface area contributed by atoms with Gasteiger partial charge in [0.25, 0.3) is 0 Å². The number of allylic oxidation sites excluding steroid dienone is 1. The molecule has 2 aromatic carbocycles. The predicted molar refractivity (Wildman–Crippen MR) is 147 cm³/mol. The summed E-state index contributed by atoms with van der Waals surface area (Å²) in [6, 6.07) is 14.2. The van der Waals surface area contributed by atoms with Crippen molar-refractivity contribution in [1.29, 1.82) is 5.26 Å². The Hall–Kier alpha value is -4.38. The Morgan fingerprint density at radius 3 is 2.50 bits per heavy atom. The summed E-state index contributed by atoms with van der Waals surface area (Å²) in [5.41, 5.74) is 5.85. The van der Waals surface area contributed by atoms with Gasteiger partial charge in [-0.15, -0.1) is 0 Å². The zero-order chi connectivity index (χ0) is 28.8. The molecule has 2 N–H and O–H groups in total. The molecule has 40 heavy (non-hydrogen) atoms. The van der Waals surface area contributed by atoms with E-state index in [4.69, 9.17) is 15.2 Å². The van der Waals surface area contributed by atoms with E-state index >= 15 is 0 Å². The second-order valence-electron chi connectivity index (χ2n) is 12.7. The third-order valence-corrected chi connectivity index (χ3v) is 8.60. The SMILES string of the molecule is C[C@@H]1CC(C)(C)N2C(=O)[C@@]3(C(C#N)=C(N)OC4=C3C(=O)CC(C)(C)C4)c3cc(OC(=O)c4ccccc4)cc1c32. The van der Waals surface area contributed by atoms with Crippen molar-refractivity contribution in [3.63, 3.8) is 0 Å². The van der Waals surface area contributed by atoms with Crippen molar-refractivity contribution in [3.05, 3.63) is 81.9 Å². The average molecular weight is 538 g/mol. The number of nitrogens with two attached hydrogens (primary N) is 1. The van der Waals surface area contributed by atoms with Crippen LogP contribution in [-0.4, -0.2) is 23.2 Å². The van der Waals surface area contributed by atoms with Crippen LogP contribution in [0.1, 0.15) is 81.3 Å². The molecule has 2 aromatic rings. The number of ketones is 1. The van der Waals surface area contributed by atoms with E-state index in [1.807, 2.05) is 33.8 Å². The zero-order valence-corrected chi connectivity index (χ0v) is 23.3. The van der Waals surface area contributed by atoms with E-state index < -0.39 is 28.2 Å². The second-order valence-corrected chi connectivity index (χ2v) is 12.7. The lowest BCUT2D eigenvalue weighted by Gasteiger charge is -2.45. The first-order chi connectivity index (χ1) is 18.8. The minimum Gasteiger partial charge on any atom is -0.444 e. The topological polar surface area (TPSA) is 123 Å². The number of amides is 1. The van der Waals surface area contributed by atoms with Gasteiger partial charge in [0.15, 0.2) is 5.78 Å². The van der Waals surface area contributed by atoms with E-state index in [0.29, 0.717) is 35.4 Å². The van der Waals surface area contributed by atoms with Crippen LogP contribution in [0.2, 0.25) is 0 Å². The molecule has 8 nitrogen and oxygen atoms in total. The molecule has 3 aliphatic heterocycles. The number of esters is 1. The summed E-state index contributed by atoms with van der Waals surface area (Å²) in [5, 5.41) is 10.4. The van der Waals surface area contributed by atoms with Crippen LogP contribution in [0.15, 0.2) is 65.3 Å². The first kappa shape index (κ1) is 25.9. The smallest absolute Gasteiger partial charge is 0.343 e. The summed E-state index contributed by atoms with van der Waals surface area (Å²) in [7, 11) is 0. The van der Waals surface area contributed by atoms with Crippen molar-refractivity contribution in [3.8, 4) is 11.8 Å². The van der Waals surface area contributed by atoms with Crippen molar-refractivity contribution < 1.29 is 23.9 Å². The second kappa shape index (κ2) is 8.31. The van der Waals surface area contributed by atoms with E-state index in [0.717, 1.165) is 5.56 Å². The number of benzene rings is 2. The van der Waals surface area contributed by atoms with Gasteiger partial charge in [-0.05, 0) is 61.4 Å². The number of hydrogen-bond acceptors (Lipinski definition) is 7. The van der Waals surface area contributed by atoms with Gasteiger partial charge in [-0.25, -0.2) is 4.79 Å². The molecule has 0 saturated carbocycles. The molecule has 0 saturated heterocycles. The van der Waals surface area contributed by atoms with E-state index in [-0.39, 0.29) is 40.9 Å². The van der Waals surface area contributed by atoms with E-state index in [1.165, 1.54) is 0 Å². The number of Topliss-reactive ketones (excluding diaryl/α,β-unsaturated/α-hetero) is 1. The lowest BCUT2D eigenvalue weighted by molar-refractivity contribution is -0.126. The predicted octanol–water partition coefficient (Wildman–Crippen LogP) is 5.14. The molecule has 0 radical (unpaired) electrons. The Morgan fingerprint density at radius 1 is 1.12 bits per heavy atom. The van der Waals surface area contributed by atoms with Crippen LogP contribution in [0, 0.1) is 16.7 Å². The highest BCUT2D eigenvalue weighted by molar-refractivity contribution is 6.21. The molecule has 3 heterocycles. The van der Waals surface area contributed by atoms with Crippen LogP contribution < -0.4 is 15.4 Å². The number of fused-ring (bicyclic) bond motifs is 2. The molecule has 204 valence electrons. The van der Waals surface area contributed by atoms with E-state index in [1.54, 1.807) is 41.3 Å². The van der Waals surface area contributed by atoms with Crippen LogP contribution in [0.5, 0.6) is 5.75 Å². The number of ether oxygens (including phenoxy) is 2. The molecule has 6 rings (SSSR count). The molecule has 1 aliphatic carbocycles. The van der Waals surface area contributed by atoms with Crippen molar-refractivity contribution in [2.24, 2.45) is 11.1 Å². The molecule has 8 heteroatoms. The highest BCUT2D eigenvalue weighted by Crippen LogP contribution is 2.62. The monoisotopic (exact) mass is 537 g/mol. The van der Waals surface area contributed by atoms with E-state index in [9.17, 15) is 19.6 Å². The molecule has 0 fully saturated rings. The minimum absolute atomic E-state index is 0.000490. The first-order valence-electron chi connectivity index (χ1n) is 13.5. The van der Waals surface area contributed by atoms with Gasteiger partial charge in [0.1, 0.15) is 28.6 Å². The lowest BCUT2D eigenvalue weighted by atomic mass is 9.62. The standard InChI is InChI=1S/C32H31N3O5/c1-17-13-31(4,5)35-26-20(17)11-19(39-28(37)18-9-7-6-8-10-18)12-21(26)32(29(35)38)22(16-33)27(34)40-24-15-30(2,3)14-23(36)25(24)32/h6-12,17H,13-15,34H2,1-5H3/t17-,32-/m1/s1. The number of nitriles is 1. The van der Waals surface area contributed by atoms with Gasteiger partial charge < -0.3 is 20.1 Å². The highest BCUT2D eigenvalue weighted by Gasteiger charge is 2.66. The minimum atomic E-state index is -1.79. The fraction of sp³-hybridized carbons (Fsp3) is 0.375. The quantitative estimate of drug-likeness (QED) is 0.415. The highest BCUT2D eigenvalue weighted by atomic mass is 16.5. The summed E-state index contributed by atoms with van der Waals surface area (Å²) in [6.07, 6.45) is 1.20. The summed E-state index contributed by atoms with van der Waals surface area (Å²) < 4.78 is 11.8. The molecule has 4 aliphatic rings. The Labute approximate surface area is 233 Å². The van der Waals surface area contributed by atoms with Gasteiger partial charge in [-0.2, -0.15) is 5.26 Å². The van der Waals surface area contributed by atoms with Crippen molar-refractivity contribution in [1.82, 2.24) is 0 Å². The molecular weight excluding hydrogens is 506 g/mol. The Bertz CT molecular complexity index is 1630. The van der Waals surface area contributed by atoms with Gasteiger partial charge >= 0.3 is 5.97 Å². The summed E-state index contributed by atoms with van der Waals surface area (Å²) in [5.74, 6) is -0.856.